The number of nitrogens with one attached hydrogen (secondary N) is 1. The van der Waals surface area contributed by atoms with E-state index in [9.17, 15) is 17.2 Å². The van der Waals surface area contributed by atoms with E-state index in [2.05, 4.69) is 9.71 Å². The van der Waals surface area contributed by atoms with E-state index < -0.39 is 38.7 Å². The van der Waals surface area contributed by atoms with Crippen molar-refractivity contribution < 1.29 is 17.2 Å². The highest BCUT2D eigenvalue weighted by atomic mass is 32.2. The van der Waals surface area contributed by atoms with E-state index >= 15 is 0 Å². The van der Waals surface area contributed by atoms with E-state index in [1.54, 1.807) is 6.20 Å². The maximum atomic E-state index is 14.0. The minimum atomic E-state index is -4.11. The maximum absolute atomic E-state index is 14.0. The zero-order chi connectivity index (χ0) is 15.6. The SMILES string of the molecule is Cc1cnc(CNS(=O)(=O)c2ccc(F)c(CN)c2F)s1. The van der Waals surface area contributed by atoms with E-state index in [-0.39, 0.29) is 6.54 Å². The Kier molecular flexibility index (Phi) is 4.67. The van der Waals surface area contributed by atoms with Gasteiger partial charge in [0.15, 0.2) is 5.82 Å². The van der Waals surface area contributed by atoms with Crippen LogP contribution in [0, 0.1) is 18.6 Å². The standard InChI is InChI=1S/C12H13F2N3O2S2/c1-7-5-16-11(20-7)6-17-21(18,19)10-3-2-9(13)8(4-15)12(10)14/h2-3,5,17H,4,6,15H2,1H3. The van der Waals surface area contributed by atoms with Gasteiger partial charge in [-0.2, -0.15) is 0 Å². The number of hydrogen-bond acceptors (Lipinski definition) is 5. The molecule has 0 saturated heterocycles. The van der Waals surface area contributed by atoms with Gasteiger partial charge in [-0.1, -0.05) is 0 Å². The molecule has 114 valence electrons. The van der Waals surface area contributed by atoms with Crippen LogP contribution in [0.4, 0.5) is 8.78 Å². The van der Waals surface area contributed by atoms with E-state index in [0.29, 0.717) is 5.01 Å². The fourth-order valence-corrected chi connectivity index (χ4v) is 3.60. The van der Waals surface area contributed by atoms with Crippen LogP contribution in [0.5, 0.6) is 0 Å². The highest BCUT2D eigenvalue weighted by Crippen LogP contribution is 2.21. The van der Waals surface area contributed by atoms with Gasteiger partial charge in [-0.3, -0.25) is 0 Å². The number of nitrogens with zero attached hydrogens (tertiary/aromatic N) is 1. The van der Waals surface area contributed by atoms with Crippen molar-refractivity contribution in [3.8, 4) is 0 Å². The lowest BCUT2D eigenvalue weighted by atomic mass is 10.2. The first-order valence-corrected chi connectivity index (χ1v) is 8.23. The summed E-state index contributed by atoms with van der Waals surface area (Å²) in [7, 11) is -4.11. The lowest BCUT2D eigenvalue weighted by Gasteiger charge is -2.09. The van der Waals surface area contributed by atoms with E-state index in [1.165, 1.54) is 11.3 Å². The lowest BCUT2D eigenvalue weighted by Crippen LogP contribution is -2.25. The predicted octanol–water partition coefficient (Wildman–Crippen LogP) is 1.67. The van der Waals surface area contributed by atoms with Gasteiger partial charge in [0.1, 0.15) is 15.7 Å². The molecular formula is C12H13F2N3O2S2. The summed E-state index contributed by atoms with van der Waals surface area (Å²) in [4.78, 5) is 4.31. The molecular weight excluding hydrogens is 320 g/mol. The molecule has 0 amide bonds. The number of aromatic nitrogens is 1. The zero-order valence-corrected chi connectivity index (χ0v) is 12.7. The average Bonchev–Trinajstić information content (AvgIpc) is 2.83. The molecule has 0 atom stereocenters. The minimum Gasteiger partial charge on any atom is -0.326 e. The average molecular weight is 333 g/mol. The second kappa shape index (κ2) is 6.14. The van der Waals surface area contributed by atoms with Gasteiger partial charge < -0.3 is 5.73 Å². The minimum absolute atomic E-state index is 0.0599. The van der Waals surface area contributed by atoms with Crippen LogP contribution in [0.3, 0.4) is 0 Å². The fourth-order valence-electron chi connectivity index (χ4n) is 1.69. The smallest absolute Gasteiger partial charge is 0.243 e. The number of benzene rings is 1. The summed E-state index contributed by atoms with van der Waals surface area (Å²) < 4.78 is 53.7. The first kappa shape index (κ1) is 16.0. The molecule has 1 heterocycles. The summed E-state index contributed by atoms with van der Waals surface area (Å²) in [5.41, 5.74) is 4.77. The first-order valence-electron chi connectivity index (χ1n) is 5.93. The largest absolute Gasteiger partial charge is 0.326 e. The van der Waals surface area contributed by atoms with Gasteiger partial charge in [0.2, 0.25) is 10.0 Å². The molecule has 0 aliphatic rings. The molecule has 3 N–H and O–H groups in total. The molecule has 9 heteroatoms. The van der Waals surface area contributed by atoms with Gasteiger partial charge in [-0.15, -0.1) is 11.3 Å². The Morgan fingerprint density at radius 1 is 1.38 bits per heavy atom. The van der Waals surface area contributed by atoms with Crippen LogP contribution in [0.15, 0.2) is 23.2 Å². The molecule has 0 spiro atoms. The Labute approximate surface area is 124 Å². The maximum Gasteiger partial charge on any atom is 0.243 e. The van der Waals surface area contributed by atoms with Gasteiger partial charge >= 0.3 is 0 Å². The third-order valence-corrected chi connectivity index (χ3v) is 5.06. The predicted molar refractivity (Wildman–Crippen MR) is 75.1 cm³/mol. The zero-order valence-electron chi connectivity index (χ0n) is 11.1. The summed E-state index contributed by atoms with van der Waals surface area (Å²) in [5, 5.41) is 0.553. The van der Waals surface area contributed by atoms with Crippen LogP contribution in [0.2, 0.25) is 0 Å². The third kappa shape index (κ3) is 3.43. The van der Waals surface area contributed by atoms with E-state index in [4.69, 9.17) is 5.73 Å². The Bertz CT molecular complexity index is 760. The molecule has 1 aromatic heterocycles. The van der Waals surface area contributed by atoms with Crippen molar-refractivity contribution in [1.29, 1.82) is 0 Å². The molecule has 0 aliphatic carbocycles. The monoisotopic (exact) mass is 333 g/mol. The molecule has 0 unspecified atom stereocenters. The molecule has 0 radical (unpaired) electrons. The van der Waals surface area contributed by atoms with Crippen LogP contribution in [0.25, 0.3) is 0 Å². The summed E-state index contributed by atoms with van der Waals surface area (Å²) >= 11 is 1.33. The molecule has 1 aromatic carbocycles. The van der Waals surface area contributed by atoms with Crippen LogP contribution in [-0.2, 0) is 23.1 Å². The van der Waals surface area contributed by atoms with Gasteiger partial charge in [-0.25, -0.2) is 26.9 Å². The number of sulfonamides is 1. The summed E-state index contributed by atoms with van der Waals surface area (Å²) in [6.45, 7) is 1.35. The third-order valence-electron chi connectivity index (χ3n) is 2.73. The van der Waals surface area contributed by atoms with Crippen molar-refractivity contribution in [1.82, 2.24) is 9.71 Å². The molecule has 2 rings (SSSR count). The summed E-state index contributed by atoms with van der Waals surface area (Å²) in [6.07, 6.45) is 1.61. The van der Waals surface area contributed by atoms with Gasteiger partial charge in [0, 0.05) is 23.2 Å². The fraction of sp³-hybridized carbons (Fsp3) is 0.250. The van der Waals surface area contributed by atoms with Crippen molar-refractivity contribution in [2.24, 2.45) is 5.73 Å². The molecule has 0 fully saturated rings. The Balaban J connectivity index is 2.27. The van der Waals surface area contributed by atoms with Gasteiger partial charge in [0.05, 0.1) is 6.54 Å². The molecule has 21 heavy (non-hydrogen) atoms. The summed E-state index contributed by atoms with van der Waals surface area (Å²) in [6, 6.07) is 1.76. The van der Waals surface area contributed by atoms with Crippen molar-refractivity contribution in [3.05, 3.63) is 45.4 Å². The van der Waals surface area contributed by atoms with Gasteiger partial charge in [0.25, 0.3) is 0 Å². The normalized spacial score (nSPS) is 11.8. The molecule has 0 bridgehead atoms. The molecule has 2 aromatic rings. The van der Waals surface area contributed by atoms with Crippen molar-refractivity contribution in [2.75, 3.05) is 0 Å². The van der Waals surface area contributed by atoms with Crippen LogP contribution in [-0.4, -0.2) is 13.4 Å². The number of halogens is 2. The van der Waals surface area contributed by atoms with Crippen LogP contribution >= 0.6 is 11.3 Å². The quantitative estimate of drug-likeness (QED) is 0.871. The lowest BCUT2D eigenvalue weighted by molar-refractivity contribution is 0.525. The molecule has 0 saturated carbocycles. The number of rotatable bonds is 5. The van der Waals surface area contributed by atoms with Crippen molar-refractivity contribution in [3.63, 3.8) is 0 Å². The van der Waals surface area contributed by atoms with Crippen molar-refractivity contribution in [2.45, 2.75) is 24.9 Å². The number of aryl methyl sites for hydroxylation is 1. The molecule has 5 nitrogen and oxygen atoms in total. The Hall–Kier alpha value is -1.42. The Morgan fingerprint density at radius 3 is 2.67 bits per heavy atom. The second-order valence-electron chi connectivity index (χ2n) is 4.23. The van der Waals surface area contributed by atoms with Crippen LogP contribution < -0.4 is 10.5 Å². The van der Waals surface area contributed by atoms with E-state index in [1.807, 2.05) is 6.92 Å². The highest BCUT2D eigenvalue weighted by molar-refractivity contribution is 7.89. The number of nitrogens with two attached hydrogens (primary N) is 1. The Morgan fingerprint density at radius 2 is 2.10 bits per heavy atom. The highest BCUT2D eigenvalue weighted by Gasteiger charge is 2.23. The molecule has 0 aliphatic heterocycles. The van der Waals surface area contributed by atoms with Gasteiger partial charge in [-0.05, 0) is 19.1 Å². The topological polar surface area (TPSA) is 85.1 Å². The second-order valence-corrected chi connectivity index (χ2v) is 7.29. The van der Waals surface area contributed by atoms with E-state index in [0.717, 1.165) is 17.0 Å². The van der Waals surface area contributed by atoms with Crippen molar-refractivity contribution >= 4 is 21.4 Å². The number of thiazole rings is 1. The van der Waals surface area contributed by atoms with Crippen LogP contribution in [0.1, 0.15) is 15.4 Å². The first-order chi connectivity index (χ1) is 9.85. The number of hydrogen-bond donors (Lipinski definition) is 2. The summed E-state index contributed by atoms with van der Waals surface area (Å²) in [5.74, 6) is -2.04.